The zero-order valence-electron chi connectivity index (χ0n) is 14.2. The normalized spacial score (nSPS) is 28.4. The highest BCUT2D eigenvalue weighted by Gasteiger charge is 2.34. The minimum absolute atomic E-state index is 0.201. The molecule has 0 amide bonds. The quantitative estimate of drug-likeness (QED) is 0.817. The van der Waals surface area contributed by atoms with Crippen LogP contribution in [0.5, 0.6) is 0 Å². The van der Waals surface area contributed by atoms with Crippen molar-refractivity contribution in [3.05, 3.63) is 0 Å². The van der Waals surface area contributed by atoms with Crippen LogP contribution >= 0.6 is 0 Å². The van der Waals surface area contributed by atoms with Crippen LogP contribution in [-0.2, 0) is 9.53 Å². The number of rotatable bonds is 6. The summed E-state index contributed by atoms with van der Waals surface area (Å²) in [5, 5.41) is 3.63. The molecule has 4 heteroatoms. The SMILES string of the molecule is CCC(=O)CN1CCC(O[C@H]2C[C@H](NC(C)(C)C)C2)CC1. The first-order chi connectivity index (χ1) is 9.85. The Morgan fingerprint density at radius 1 is 1.19 bits per heavy atom. The van der Waals surface area contributed by atoms with Gasteiger partial charge in [-0.25, -0.2) is 0 Å². The number of nitrogens with zero attached hydrogens (tertiary/aromatic N) is 1. The Hall–Kier alpha value is -0.450. The van der Waals surface area contributed by atoms with E-state index in [1.807, 2.05) is 6.92 Å². The molecule has 21 heavy (non-hydrogen) atoms. The lowest BCUT2D eigenvalue weighted by Gasteiger charge is -2.42. The monoisotopic (exact) mass is 296 g/mol. The van der Waals surface area contributed by atoms with Crippen LogP contribution in [0.2, 0.25) is 0 Å². The van der Waals surface area contributed by atoms with E-state index in [1.54, 1.807) is 0 Å². The average molecular weight is 296 g/mol. The summed E-state index contributed by atoms with van der Waals surface area (Å²) < 4.78 is 6.20. The van der Waals surface area contributed by atoms with Gasteiger partial charge in [0, 0.05) is 31.1 Å². The van der Waals surface area contributed by atoms with Gasteiger partial charge < -0.3 is 10.1 Å². The van der Waals surface area contributed by atoms with Gasteiger partial charge in [0.2, 0.25) is 0 Å². The molecule has 122 valence electrons. The molecule has 1 saturated heterocycles. The van der Waals surface area contributed by atoms with Gasteiger partial charge in [-0.05, 0) is 46.5 Å². The van der Waals surface area contributed by atoms with Gasteiger partial charge in [0.25, 0.3) is 0 Å². The number of hydrogen-bond donors (Lipinski definition) is 1. The number of nitrogens with one attached hydrogen (secondary N) is 1. The van der Waals surface area contributed by atoms with Crippen molar-refractivity contribution in [2.45, 2.75) is 83.6 Å². The fraction of sp³-hybridized carbons (Fsp3) is 0.941. The van der Waals surface area contributed by atoms with Crippen molar-refractivity contribution in [1.82, 2.24) is 10.2 Å². The molecule has 0 bridgehead atoms. The Balaban J connectivity index is 1.59. The molecule has 0 radical (unpaired) electrons. The molecule has 4 nitrogen and oxygen atoms in total. The summed E-state index contributed by atoms with van der Waals surface area (Å²) in [7, 11) is 0. The van der Waals surface area contributed by atoms with E-state index in [-0.39, 0.29) is 5.54 Å². The van der Waals surface area contributed by atoms with Crippen molar-refractivity contribution < 1.29 is 9.53 Å². The first kappa shape index (κ1) is 16.9. The number of likely N-dealkylation sites (tertiary alicyclic amines) is 1. The van der Waals surface area contributed by atoms with Gasteiger partial charge in [-0.15, -0.1) is 0 Å². The van der Waals surface area contributed by atoms with Crippen LogP contribution in [0.3, 0.4) is 0 Å². The number of ether oxygens (including phenoxy) is 1. The lowest BCUT2D eigenvalue weighted by Crippen LogP contribution is -2.53. The standard InChI is InChI=1S/C17H32N2O2/c1-5-14(20)12-19-8-6-15(7-9-19)21-16-10-13(11-16)18-17(2,3)4/h13,15-16,18H,5-12H2,1-4H3/t13-,16-. The first-order valence-corrected chi connectivity index (χ1v) is 8.53. The average Bonchev–Trinajstić information content (AvgIpc) is 2.36. The molecule has 1 aliphatic heterocycles. The molecular formula is C17H32N2O2. The third kappa shape index (κ3) is 5.68. The molecule has 1 N–H and O–H groups in total. The molecule has 0 aromatic heterocycles. The third-order valence-electron chi connectivity index (χ3n) is 4.45. The maximum atomic E-state index is 11.5. The minimum atomic E-state index is 0.201. The maximum absolute atomic E-state index is 11.5. The fourth-order valence-corrected chi connectivity index (χ4v) is 3.24. The van der Waals surface area contributed by atoms with Crippen molar-refractivity contribution in [3.63, 3.8) is 0 Å². The number of ketones is 1. The second-order valence-electron chi connectivity index (χ2n) is 7.69. The summed E-state index contributed by atoms with van der Waals surface area (Å²) in [6.07, 6.45) is 5.94. The number of piperidine rings is 1. The Morgan fingerprint density at radius 3 is 2.33 bits per heavy atom. The summed E-state index contributed by atoms with van der Waals surface area (Å²) in [5.41, 5.74) is 0.201. The van der Waals surface area contributed by atoms with Gasteiger partial charge >= 0.3 is 0 Å². The van der Waals surface area contributed by atoms with Crippen LogP contribution in [0.1, 0.15) is 59.8 Å². The van der Waals surface area contributed by atoms with Gasteiger partial charge in [-0.3, -0.25) is 9.69 Å². The van der Waals surface area contributed by atoms with E-state index in [2.05, 4.69) is 31.0 Å². The molecule has 2 rings (SSSR count). The topological polar surface area (TPSA) is 41.6 Å². The summed E-state index contributed by atoms with van der Waals surface area (Å²) in [5.74, 6) is 0.351. The maximum Gasteiger partial charge on any atom is 0.146 e. The summed E-state index contributed by atoms with van der Waals surface area (Å²) in [6.45, 7) is 11.2. The van der Waals surface area contributed by atoms with Crippen LogP contribution in [-0.4, -0.2) is 54.1 Å². The summed E-state index contributed by atoms with van der Waals surface area (Å²) in [4.78, 5) is 13.7. The van der Waals surface area contributed by atoms with Crippen LogP contribution in [0.15, 0.2) is 0 Å². The molecule has 0 aromatic carbocycles. The molecule has 0 aromatic rings. The smallest absolute Gasteiger partial charge is 0.146 e. The van der Waals surface area contributed by atoms with Crippen molar-refractivity contribution in [3.8, 4) is 0 Å². The van der Waals surface area contributed by atoms with E-state index in [0.29, 0.717) is 37.0 Å². The highest BCUT2D eigenvalue weighted by Crippen LogP contribution is 2.28. The van der Waals surface area contributed by atoms with E-state index in [0.717, 1.165) is 38.8 Å². The van der Waals surface area contributed by atoms with Gasteiger partial charge in [0.05, 0.1) is 18.8 Å². The lowest BCUT2D eigenvalue weighted by atomic mass is 9.87. The minimum Gasteiger partial charge on any atom is -0.375 e. The van der Waals surface area contributed by atoms with E-state index in [9.17, 15) is 4.79 Å². The highest BCUT2D eigenvalue weighted by atomic mass is 16.5. The Labute approximate surface area is 129 Å². The molecule has 0 spiro atoms. The molecule has 1 saturated carbocycles. The molecule has 1 heterocycles. The second-order valence-corrected chi connectivity index (χ2v) is 7.69. The van der Waals surface area contributed by atoms with Crippen LogP contribution in [0, 0.1) is 0 Å². The van der Waals surface area contributed by atoms with Crippen LogP contribution in [0.4, 0.5) is 0 Å². The van der Waals surface area contributed by atoms with E-state index < -0.39 is 0 Å². The molecule has 1 aliphatic carbocycles. The number of hydrogen-bond acceptors (Lipinski definition) is 4. The first-order valence-electron chi connectivity index (χ1n) is 8.53. The predicted molar refractivity (Wildman–Crippen MR) is 85.5 cm³/mol. The van der Waals surface area contributed by atoms with Gasteiger partial charge in [0.1, 0.15) is 5.78 Å². The Morgan fingerprint density at radius 2 is 1.81 bits per heavy atom. The molecule has 2 aliphatic rings. The zero-order chi connectivity index (χ0) is 15.5. The number of Topliss-reactive ketones (excluding diaryl/α,β-unsaturated/α-hetero) is 1. The van der Waals surface area contributed by atoms with Gasteiger partial charge in [0.15, 0.2) is 0 Å². The van der Waals surface area contributed by atoms with Crippen molar-refractivity contribution in [1.29, 1.82) is 0 Å². The van der Waals surface area contributed by atoms with Gasteiger partial charge in [-0.1, -0.05) is 6.92 Å². The van der Waals surface area contributed by atoms with Crippen molar-refractivity contribution in [2.24, 2.45) is 0 Å². The second kappa shape index (κ2) is 7.21. The van der Waals surface area contributed by atoms with Crippen molar-refractivity contribution in [2.75, 3.05) is 19.6 Å². The highest BCUT2D eigenvalue weighted by molar-refractivity contribution is 5.80. The van der Waals surface area contributed by atoms with Crippen molar-refractivity contribution >= 4 is 5.78 Å². The molecular weight excluding hydrogens is 264 g/mol. The summed E-state index contributed by atoms with van der Waals surface area (Å²) in [6, 6.07) is 0.622. The van der Waals surface area contributed by atoms with Gasteiger partial charge in [-0.2, -0.15) is 0 Å². The lowest BCUT2D eigenvalue weighted by molar-refractivity contribution is -0.121. The van der Waals surface area contributed by atoms with Crippen LogP contribution in [0.25, 0.3) is 0 Å². The largest absolute Gasteiger partial charge is 0.375 e. The predicted octanol–water partition coefficient (Wildman–Crippen LogP) is 2.37. The Kier molecular flexibility index (Phi) is 5.81. The number of carbonyl (C=O) groups is 1. The number of carbonyl (C=O) groups excluding carboxylic acids is 1. The Bertz CT molecular complexity index is 337. The van der Waals surface area contributed by atoms with E-state index in [1.165, 1.54) is 0 Å². The molecule has 0 unspecified atom stereocenters. The fourth-order valence-electron chi connectivity index (χ4n) is 3.24. The zero-order valence-corrected chi connectivity index (χ0v) is 14.2. The molecule has 0 atom stereocenters. The summed E-state index contributed by atoms with van der Waals surface area (Å²) >= 11 is 0. The van der Waals surface area contributed by atoms with Crippen LogP contribution < -0.4 is 5.32 Å². The molecule has 2 fully saturated rings. The van der Waals surface area contributed by atoms with E-state index in [4.69, 9.17) is 4.74 Å². The van der Waals surface area contributed by atoms with E-state index >= 15 is 0 Å². The third-order valence-corrected chi connectivity index (χ3v) is 4.45.